The summed E-state index contributed by atoms with van der Waals surface area (Å²) in [7, 11) is -2.65. The number of amides is 1. The summed E-state index contributed by atoms with van der Waals surface area (Å²) in [6, 6.07) is 11.5. The van der Waals surface area contributed by atoms with Crippen molar-refractivity contribution in [3.63, 3.8) is 0 Å². The molecule has 0 spiro atoms. The van der Waals surface area contributed by atoms with E-state index < -0.39 is 27.0 Å². The van der Waals surface area contributed by atoms with E-state index in [1.807, 2.05) is 6.08 Å². The SMILES string of the molecule is COC(=O)N1C2(C)C=CC1(C)C(S(=O)(=O)c1ccccc1)=C2c1ccc(Cl)nc1. The minimum Gasteiger partial charge on any atom is -0.453 e. The molecule has 0 aliphatic carbocycles. The molecule has 0 radical (unpaired) electrons. The van der Waals surface area contributed by atoms with Crippen molar-refractivity contribution in [1.29, 1.82) is 0 Å². The molecule has 6 nitrogen and oxygen atoms in total. The Labute approximate surface area is 174 Å². The number of nitrogens with zero attached hydrogens (tertiary/aromatic N) is 2. The van der Waals surface area contributed by atoms with Gasteiger partial charge in [-0.15, -0.1) is 0 Å². The van der Waals surface area contributed by atoms with E-state index in [0.717, 1.165) is 0 Å². The van der Waals surface area contributed by atoms with Gasteiger partial charge >= 0.3 is 6.09 Å². The largest absolute Gasteiger partial charge is 0.453 e. The quantitative estimate of drug-likeness (QED) is 0.541. The molecule has 1 aromatic heterocycles. The lowest BCUT2D eigenvalue weighted by Gasteiger charge is -2.36. The number of carbonyl (C=O) groups excluding carboxylic acids is 1. The zero-order valence-corrected chi connectivity index (χ0v) is 17.7. The fraction of sp³-hybridized carbons (Fsp3) is 0.238. The molecular weight excluding hydrogens is 412 g/mol. The second-order valence-electron chi connectivity index (χ2n) is 7.32. The van der Waals surface area contributed by atoms with Crippen LogP contribution in [-0.2, 0) is 14.6 Å². The highest BCUT2D eigenvalue weighted by Crippen LogP contribution is 2.58. The third-order valence-electron chi connectivity index (χ3n) is 5.55. The van der Waals surface area contributed by atoms with Gasteiger partial charge in [-0.1, -0.05) is 42.0 Å². The Bertz CT molecular complexity index is 1160. The van der Waals surface area contributed by atoms with Crippen molar-refractivity contribution in [2.45, 2.75) is 29.8 Å². The van der Waals surface area contributed by atoms with Gasteiger partial charge in [0.25, 0.3) is 0 Å². The number of hydrogen-bond donors (Lipinski definition) is 0. The minimum absolute atomic E-state index is 0.135. The number of ether oxygens (including phenoxy) is 1. The number of carbonyl (C=O) groups is 1. The maximum absolute atomic E-state index is 13.8. The predicted molar refractivity (Wildman–Crippen MR) is 110 cm³/mol. The molecule has 2 bridgehead atoms. The Morgan fingerprint density at radius 2 is 1.72 bits per heavy atom. The van der Waals surface area contributed by atoms with E-state index in [-0.39, 0.29) is 9.80 Å². The van der Waals surface area contributed by atoms with Gasteiger partial charge in [-0.25, -0.2) is 18.2 Å². The van der Waals surface area contributed by atoms with E-state index in [1.165, 1.54) is 18.2 Å². The molecule has 2 aromatic rings. The zero-order chi connectivity index (χ0) is 21.0. The second-order valence-corrected chi connectivity index (χ2v) is 9.60. The van der Waals surface area contributed by atoms with Gasteiger partial charge in [-0.2, -0.15) is 0 Å². The summed E-state index contributed by atoms with van der Waals surface area (Å²) in [5.74, 6) is 0. The molecule has 2 aliphatic rings. The van der Waals surface area contributed by atoms with Crippen molar-refractivity contribution >= 4 is 33.1 Å². The number of rotatable bonds is 3. The summed E-state index contributed by atoms with van der Waals surface area (Å²) in [5.41, 5.74) is -1.16. The number of aromatic nitrogens is 1. The van der Waals surface area contributed by atoms with Gasteiger partial charge in [-0.3, -0.25) is 4.90 Å². The Morgan fingerprint density at radius 3 is 2.31 bits per heavy atom. The van der Waals surface area contributed by atoms with Gasteiger partial charge in [0.1, 0.15) is 5.15 Å². The molecule has 150 valence electrons. The number of methoxy groups -OCH3 is 1. The Balaban J connectivity index is 2.06. The van der Waals surface area contributed by atoms with Crippen LogP contribution in [0.5, 0.6) is 0 Å². The van der Waals surface area contributed by atoms with Crippen LogP contribution in [0.1, 0.15) is 19.4 Å². The maximum atomic E-state index is 13.8. The predicted octanol–water partition coefficient (Wildman–Crippen LogP) is 4.09. The fourth-order valence-corrected chi connectivity index (χ4v) is 6.51. The van der Waals surface area contributed by atoms with Crippen molar-refractivity contribution in [2.75, 3.05) is 7.11 Å². The number of hydrogen-bond acceptors (Lipinski definition) is 5. The van der Waals surface area contributed by atoms with Crippen LogP contribution in [0.3, 0.4) is 0 Å². The summed E-state index contributed by atoms with van der Waals surface area (Å²) in [5, 5.41) is 0.293. The van der Waals surface area contributed by atoms with E-state index in [0.29, 0.717) is 16.3 Å². The first-order valence-corrected chi connectivity index (χ1v) is 10.8. The summed E-state index contributed by atoms with van der Waals surface area (Å²) < 4.78 is 32.5. The van der Waals surface area contributed by atoms with Gasteiger partial charge < -0.3 is 4.74 Å². The molecule has 0 saturated heterocycles. The molecule has 0 fully saturated rings. The first kappa shape index (κ1) is 19.7. The van der Waals surface area contributed by atoms with Gasteiger partial charge in [0.2, 0.25) is 9.84 Å². The van der Waals surface area contributed by atoms with Crippen molar-refractivity contribution < 1.29 is 17.9 Å². The number of sulfone groups is 1. The monoisotopic (exact) mass is 430 g/mol. The average molecular weight is 431 g/mol. The summed E-state index contributed by atoms with van der Waals surface area (Å²) in [4.78, 5) is 18.6. The lowest BCUT2D eigenvalue weighted by Crippen LogP contribution is -2.51. The van der Waals surface area contributed by atoms with E-state index in [1.54, 1.807) is 62.4 Å². The standard InChI is InChI=1S/C21H19ClN2O4S/c1-20-11-12-21(2,24(20)19(25)28-3)18(17(20)14-9-10-16(22)23-13-14)29(26,27)15-7-5-4-6-8-15/h4-13H,1-3H3. The molecule has 8 heteroatoms. The highest BCUT2D eigenvalue weighted by atomic mass is 35.5. The van der Waals surface area contributed by atoms with Crippen molar-refractivity contribution in [1.82, 2.24) is 9.88 Å². The molecule has 3 heterocycles. The molecular formula is C21H19ClN2O4S. The Morgan fingerprint density at radius 1 is 1.07 bits per heavy atom. The first-order valence-electron chi connectivity index (χ1n) is 8.92. The van der Waals surface area contributed by atoms with Crippen molar-refractivity contribution in [3.8, 4) is 0 Å². The van der Waals surface area contributed by atoms with Crippen molar-refractivity contribution in [2.24, 2.45) is 0 Å². The maximum Gasteiger partial charge on any atom is 0.411 e. The van der Waals surface area contributed by atoms with Crippen molar-refractivity contribution in [3.05, 3.63) is 76.4 Å². The van der Waals surface area contributed by atoms with Crippen LogP contribution >= 0.6 is 11.6 Å². The van der Waals surface area contributed by atoms with Gasteiger partial charge in [-0.05, 0) is 43.7 Å². The Hall–Kier alpha value is -2.64. The average Bonchev–Trinajstić information content (AvgIpc) is 3.10. The minimum atomic E-state index is -3.93. The molecule has 1 amide bonds. The molecule has 2 aliphatic heterocycles. The normalized spacial score (nSPS) is 25.6. The number of pyridine rings is 1. The van der Waals surface area contributed by atoms with Crippen LogP contribution in [-0.4, -0.2) is 42.6 Å². The second kappa shape index (κ2) is 6.43. The first-order chi connectivity index (χ1) is 13.7. The third-order valence-corrected chi connectivity index (χ3v) is 7.82. The zero-order valence-electron chi connectivity index (χ0n) is 16.1. The molecule has 0 N–H and O–H groups in total. The lowest BCUT2D eigenvalue weighted by molar-refractivity contribution is 0.0899. The lowest BCUT2D eigenvalue weighted by atomic mass is 9.85. The van der Waals surface area contributed by atoms with Crippen LogP contribution in [0.4, 0.5) is 4.79 Å². The summed E-state index contributed by atoms with van der Waals surface area (Å²) >= 11 is 5.94. The van der Waals surface area contributed by atoms with E-state index in [4.69, 9.17) is 16.3 Å². The molecule has 2 unspecified atom stereocenters. The molecule has 0 saturated carbocycles. The third kappa shape index (κ3) is 2.64. The highest BCUT2D eigenvalue weighted by Gasteiger charge is 2.63. The molecule has 4 rings (SSSR count). The topological polar surface area (TPSA) is 76.6 Å². The van der Waals surface area contributed by atoms with Crippen LogP contribution in [0.25, 0.3) is 5.57 Å². The molecule has 29 heavy (non-hydrogen) atoms. The number of halogens is 1. The smallest absolute Gasteiger partial charge is 0.411 e. The number of benzene rings is 1. The molecule has 1 aromatic carbocycles. The van der Waals surface area contributed by atoms with E-state index in [2.05, 4.69) is 4.98 Å². The van der Waals surface area contributed by atoms with E-state index in [9.17, 15) is 13.2 Å². The Kier molecular flexibility index (Phi) is 4.36. The van der Waals surface area contributed by atoms with Crippen LogP contribution in [0.2, 0.25) is 5.15 Å². The van der Waals surface area contributed by atoms with E-state index >= 15 is 0 Å². The van der Waals surface area contributed by atoms with Crippen LogP contribution < -0.4 is 0 Å². The van der Waals surface area contributed by atoms with Gasteiger partial charge in [0.05, 0.1) is 28.0 Å². The fourth-order valence-electron chi connectivity index (χ4n) is 4.35. The summed E-state index contributed by atoms with van der Waals surface area (Å²) in [6.07, 6.45) is 4.49. The van der Waals surface area contributed by atoms with Crippen LogP contribution in [0.15, 0.2) is 70.6 Å². The number of fused-ring (bicyclic) bond motifs is 2. The van der Waals surface area contributed by atoms with Gasteiger partial charge in [0, 0.05) is 11.8 Å². The highest BCUT2D eigenvalue weighted by molar-refractivity contribution is 7.95. The summed E-state index contributed by atoms with van der Waals surface area (Å²) in [6.45, 7) is 3.50. The molecule has 2 atom stereocenters. The van der Waals surface area contributed by atoms with Crippen LogP contribution in [0, 0.1) is 0 Å². The van der Waals surface area contributed by atoms with Gasteiger partial charge in [0.15, 0.2) is 0 Å².